The molecule has 1 heterocycles. The number of carbonyl (C=O) groups excluding carboxylic acids is 2. The Hall–Kier alpha value is -1.37. The first-order valence-corrected chi connectivity index (χ1v) is 11.9. The van der Waals surface area contributed by atoms with Gasteiger partial charge in [0.15, 0.2) is 9.84 Å². The molecule has 0 radical (unpaired) electrons. The summed E-state index contributed by atoms with van der Waals surface area (Å²) < 4.78 is 24.6. The molecule has 1 atom stereocenters. The van der Waals surface area contributed by atoms with Gasteiger partial charge in [-0.2, -0.15) is 0 Å². The van der Waals surface area contributed by atoms with Crippen LogP contribution in [0.25, 0.3) is 0 Å². The second kappa shape index (κ2) is 6.90. The van der Waals surface area contributed by atoms with Crippen molar-refractivity contribution < 1.29 is 18.0 Å². The summed E-state index contributed by atoms with van der Waals surface area (Å²) in [6, 6.07) is -0.113. The second-order valence-corrected chi connectivity index (χ2v) is 11.6. The van der Waals surface area contributed by atoms with Crippen LogP contribution in [0.3, 0.4) is 0 Å². The van der Waals surface area contributed by atoms with Gasteiger partial charge in [0.25, 0.3) is 0 Å². The maximum Gasteiger partial charge on any atom is 0.244 e. The van der Waals surface area contributed by atoms with Crippen molar-refractivity contribution in [2.45, 2.75) is 68.6 Å². The molecule has 0 aromatic rings. The van der Waals surface area contributed by atoms with Gasteiger partial charge in [0.2, 0.25) is 11.8 Å². The third-order valence-electron chi connectivity index (χ3n) is 6.88. The maximum atomic E-state index is 12.7. The monoisotopic (exact) mass is 394 g/mol. The van der Waals surface area contributed by atoms with Crippen LogP contribution in [0.4, 0.5) is 0 Å². The van der Waals surface area contributed by atoms with Crippen molar-refractivity contribution in [1.29, 1.82) is 0 Å². The van der Waals surface area contributed by atoms with E-state index in [1.54, 1.807) is 11.0 Å². The molecule has 3 aliphatic carbocycles. The van der Waals surface area contributed by atoms with Gasteiger partial charge in [-0.1, -0.05) is 5.57 Å². The van der Waals surface area contributed by atoms with E-state index < -0.39 is 14.6 Å². The average Bonchev–Trinajstić information content (AvgIpc) is 3.34. The molecule has 2 amide bonds. The summed E-state index contributed by atoms with van der Waals surface area (Å²) in [6.45, 7) is 0.794. The van der Waals surface area contributed by atoms with Crippen LogP contribution in [0, 0.1) is 11.8 Å². The van der Waals surface area contributed by atoms with Gasteiger partial charge in [0, 0.05) is 31.6 Å². The number of nitrogens with one attached hydrogen (secondary N) is 1. The van der Waals surface area contributed by atoms with E-state index in [-0.39, 0.29) is 29.5 Å². The van der Waals surface area contributed by atoms with Gasteiger partial charge >= 0.3 is 0 Å². The van der Waals surface area contributed by atoms with Crippen LogP contribution < -0.4 is 5.32 Å². The SMILES string of the molecule is CN(CC1CC1)C(=O)C1CC2(CC(NC(=O)C=C3CCC3)CCS2(=O)=O)C1. The fourth-order valence-corrected chi connectivity index (χ4v) is 7.18. The lowest BCUT2D eigenvalue weighted by molar-refractivity contribution is -0.138. The van der Waals surface area contributed by atoms with E-state index in [0.717, 1.165) is 25.8 Å². The van der Waals surface area contributed by atoms with Crippen molar-refractivity contribution in [3.05, 3.63) is 11.6 Å². The summed E-state index contributed by atoms with van der Waals surface area (Å²) >= 11 is 0. The molecule has 0 aromatic carbocycles. The molecule has 4 fully saturated rings. The molecule has 1 N–H and O–H groups in total. The molecule has 0 aromatic heterocycles. The lowest BCUT2D eigenvalue weighted by Gasteiger charge is -2.50. The number of hydrogen-bond acceptors (Lipinski definition) is 4. The lowest BCUT2D eigenvalue weighted by Crippen LogP contribution is -2.61. The highest BCUT2D eigenvalue weighted by molar-refractivity contribution is 7.92. The van der Waals surface area contributed by atoms with Crippen molar-refractivity contribution in [2.24, 2.45) is 11.8 Å². The van der Waals surface area contributed by atoms with E-state index in [0.29, 0.717) is 31.6 Å². The van der Waals surface area contributed by atoms with Gasteiger partial charge in [-0.05, 0) is 63.7 Å². The fraction of sp³-hybridized carbons (Fsp3) is 0.800. The Kier molecular flexibility index (Phi) is 4.85. The van der Waals surface area contributed by atoms with Gasteiger partial charge in [0.1, 0.15) is 0 Å². The van der Waals surface area contributed by atoms with Gasteiger partial charge in [-0.3, -0.25) is 9.59 Å². The smallest absolute Gasteiger partial charge is 0.244 e. The first-order valence-electron chi connectivity index (χ1n) is 10.3. The highest BCUT2D eigenvalue weighted by Crippen LogP contribution is 2.50. The number of rotatable bonds is 5. The Morgan fingerprint density at radius 2 is 1.89 bits per heavy atom. The van der Waals surface area contributed by atoms with Crippen LogP contribution in [0.5, 0.6) is 0 Å². The summed E-state index contributed by atoms with van der Waals surface area (Å²) in [7, 11) is -1.38. The zero-order valence-corrected chi connectivity index (χ0v) is 16.9. The molecule has 1 saturated heterocycles. The molecule has 4 aliphatic rings. The van der Waals surface area contributed by atoms with Gasteiger partial charge in [0.05, 0.1) is 10.5 Å². The van der Waals surface area contributed by atoms with Crippen LogP contribution in [-0.2, 0) is 19.4 Å². The van der Waals surface area contributed by atoms with Crippen molar-refractivity contribution in [1.82, 2.24) is 10.2 Å². The molecular formula is C20H30N2O4S. The molecule has 1 spiro atoms. The molecular weight excluding hydrogens is 364 g/mol. The van der Waals surface area contributed by atoms with Crippen LogP contribution in [0.15, 0.2) is 11.6 Å². The van der Waals surface area contributed by atoms with Gasteiger partial charge < -0.3 is 10.2 Å². The summed E-state index contributed by atoms with van der Waals surface area (Å²) in [5.41, 5.74) is 1.18. The third kappa shape index (κ3) is 3.80. The number of amides is 2. The van der Waals surface area contributed by atoms with E-state index >= 15 is 0 Å². The molecule has 1 aliphatic heterocycles. The van der Waals surface area contributed by atoms with E-state index in [1.807, 2.05) is 7.05 Å². The molecule has 150 valence electrons. The Balaban J connectivity index is 1.35. The van der Waals surface area contributed by atoms with Crippen LogP contribution in [0.1, 0.15) is 57.8 Å². The molecule has 4 rings (SSSR count). The standard InChI is InChI=1S/C20H30N2O4S/c1-22(13-15-5-6-15)19(24)16-10-20(11-16)12-17(7-8-27(20,25)26)21-18(23)9-14-3-2-4-14/h9,15-17H,2-8,10-13H2,1H3,(H,21,23). The first kappa shape index (κ1) is 19.0. The molecule has 6 nitrogen and oxygen atoms in total. The Labute approximate surface area is 161 Å². The summed E-state index contributed by atoms with van der Waals surface area (Å²) in [6.07, 6.45) is 8.94. The third-order valence-corrected chi connectivity index (χ3v) is 9.47. The number of nitrogens with zero attached hydrogens (tertiary/aromatic N) is 1. The summed E-state index contributed by atoms with van der Waals surface area (Å²) in [4.78, 5) is 26.6. The minimum Gasteiger partial charge on any atom is -0.350 e. The van der Waals surface area contributed by atoms with Gasteiger partial charge in [-0.15, -0.1) is 0 Å². The maximum absolute atomic E-state index is 12.7. The number of allylic oxidation sites excluding steroid dienone is 1. The topological polar surface area (TPSA) is 83.6 Å². The predicted molar refractivity (Wildman–Crippen MR) is 103 cm³/mol. The Morgan fingerprint density at radius 3 is 2.48 bits per heavy atom. The molecule has 1 unspecified atom stereocenters. The van der Waals surface area contributed by atoms with Crippen molar-refractivity contribution >= 4 is 21.7 Å². The van der Waals surface area contributed by atoms with Crippen LogP contribution in [-0.4, -0.2) is 55.3 Å². The van der Waals surface area contributed by atoms with E-state index in [2.05, 4.69) is 5.32 Å². The van der Waals surface area contributed by atoms with Crippen molar-refractivity contribution in [3.8, 4) is 0 Å². The fourth-order valence-electron chi connectivity index (χ4n) is 4.79. The highest BCUT2D eigenvalue weighted by atomic mass is 32.2. The minimum absolute atomic E-state index is 0.0867. The quantitative estimate of drug-likeness (QED) is 0.721. The zero-order chi connectivity index (χ0) is 19.2. The van der Waals surface area contributed by atoms with Gasteiger partial charge in [-0.25, -0.2) is 8.42 Å². The normalized spacial score (nSPS) is 34.3. The largest absolute Gasteiger partial charge is 0.350 e. The minimum atomic E-state index is -3.21. The van der Waals surface area contributed by atoms with E-state index in [1.165, 1.54) is 18.4 Å². The highest BCUT2D eigenvalue weighted by Gasteiger charge is 2.58. The molecule has 27 heavy (non-hydrogen) atoms. The molecule has 7 heteroatoms. The summed E-state index contributed by atoms with van der Waals surface area (Å²) in [5, 5.41) is 3.01. The van der Waals surface area contributed by atoms with Crippen molar-refractivity contribution in [2.75, 3.05) is 19.3 Å². The van der Waals surface area contributed by atoms with E-state index in [4.69, 9.17) is 0 Å². The average molecular weight is 395 g/mol. The molecule has 0 bridgehead atoms. The van der Waals surface area contributed by atoms with Crippen LogP contribution in [0.2, 0.25) is 0 Å². The molecule has 3 saturated carbocycles. The number of carbonyl (C=O) groups is 2. The zero-order valence-electron chi connectivity index (χ0n) is 16.1. The number of hydrogen-bond donors (Lipinski definition) is 1. The Bertz CT molecular complexity index is 757. The lowest BCUT2D eigenvalue weighted by atomic mass is 9.70. The first-order chi connectivity index (χ1) is 12.8. The van der Waals surface area contributed by atoms with Crippen molar-refractivity contribution in [3.63, 3.8) is 0 Å². The summed E-state index contributed by atoms with van der Waals surface area (Å²) in [5.74, 6) is 0.544. The van der Waals surface area contributed by atoms with E-state index in [9.17, 15) is 18.0 Å². The van der Waals surface area contributed by atoms with Crippen LogP contribution >= 0.6 is 0 Å². The Morgan fingerprint density at radius 1 is 1.19 bits per heavy atom. The number of sulfone groups is 1. The predicted octanol–water partition coefficient (Wildman–Crippen LogP) is 1.81. The second-order valence-electron chi connectivity index (χ2n) is 9.12.